The summed E-state index contributed by atoms with van der Waals surface area (Å²) in [6.45, 7) is 1.85. The van der Waals surface area contributed by atoms with Crippen LogP contribution in [0.5, 0.6) is 5.75 Å². The number of fused-ring (bicyclic) bond motifs is 1. The zero-order valence-electron chi connectivity index (χ0n) is 14.8. The molecular formula is C22H19NO4. The van der Waals surface area contributed by atoms with Gasteiger partial charge in [0.2, 0.25) is 0 Å². The van der Waals surface area contributed by atoms with Gasteiger partial charge in [0.05, 0.1) is 6.61 Å². The molecule has 1 amide bonds. The number of carbonyl (C=O) groups is 2. The number of nitrogens with one attached hydrogen (secondary N) is 1. The molecule has 0 saturated carbocycles. The van der Waals surface area contributed by atoms with Crippen LogP contribution < -0.4 is 5.32 Å². The van der Waals surface area contributed by atoms with Crippen molar-refractivity contribution in [3.8, 4) is 5.75 Å². The SMILES string of the molecule is CCOC(=O)/C(=C\c1c(O)ccc2ccccc12)NC(=O)c1ccccc1. The predicted octanol–water partition coefficient (Wildman–Crippen LogP) is 3.88. The van der Waals surface area contributed by atoms with Crippen molar-refractivity contribution >= 4 is 28.7 Å². The number of benzene rings is 3. The lowest BCUT2D eigenvalue weighted by Gasteiger charge is -2.11. The maximum absolute atomic E-state index is 12.5. The summed E-state index contributed by atoms with van der Waals surface area (Å²) in [6, 6.07) is 19.4. The minimum absolute atomic E-state index is 0.00413. The number of phenolic OH excluding ortho intramolecular Hbond substituents is 1. The van der Waals surface area contributed by atoms with E-state index in [1.807, 2.05) is 24.3 Å². The molecule has 0 spiro atoms. The van der Waals surface area contributed by atoms with Crippen LogP contribution in [0.3, 0.4) is 0 Å². The molecule has 0 aliphatic heterocycles. The highest BCUT2D eigenvalue weighted by atomic mass is 16.5. The molecule has 0 aliphatic rings. The number of hydrogen-bond acceptors (Lipinski definition) is 4. The molecule has 0 heterocycles. The molecule has 0 aliphatic carbocycles. The van der Waals surface area contributed by atoms with E-state index < -0.39 is 11.9 Å². The molecule has 0 bridgehead atoms. The quantitative estimate of drug-likeness (QED) is 0.534. The van der Waals surface area contributed by atoms with Crippen LogP contribution in [0.1, 0.15) is 22.8 Å². The Morgan fingerprint density at radius 2 is 1.70 bits per heavy atom. The highest BCUT2D eigenvalue weighted by molar-refractivity contribution is 6.05. The van der Waals surface area contributed by atoms with Gasteiger partial charge in [-0.05, 0) is 42.0 Å². The fraction of sp³-hybridized carbons (Fsp3) is 0.0909. The van der Waals surface area contributed by atoms with E-state index in [1.165, 1.54) is 6.08 Å². The smallest absolute Gasteiger partial charge is 0.354 e. The van der Waals surface area contributed by atoms with E-state index in [9.17, 15) is 14.7 Å². The number of phenols is 1. The van der Waals surface area contributed by atoms with Crippen molar-refractivity contribution in [2.24, 2.45) is 0 Å². The Morgan fingerprint density at radius 3 is 2.44 bits per heavy atom. The second-order valence-electron chi connectivity index (χ2n) is 5.82. The van der Waals surface area contributed by atoms with Gasteiger partial charge in [-0.2, -0.15) is 0 Å². The van der Waals surface area contributed by atoms with Gasteiger partial charge >= 0.3 is 5.97 Å². The Hall–Kier alpha value is -3.60. The molecule has 3 aromatic carbocycles. The number of aromatic hydroxyl groups is 1. The Bertz CT molecular complexity index is 1010. The second-order valence-corrected chi connectivity index (χ2v) is 5.82. The first-order chi connectivity index (χ1) is 13.1. The molecular weight excluding hydrogens is 342 g/mol. The fourth-order valence-corrected chi connectivity index (χ4v) is 2.72. The lowest BCUT2D eigenvalue weighted by atomic mass is 10.0. The van der Waals surface area contributed by atoms with Crippen LogP contribution in [0.4, 0.5) is 0 Å². The average Bonchev–Trinajstić information content (AvgIpc) is 2.70. The topological polar surface area (TPSA) is 75.6 Å². The van der Waals surface area contributed by atoms with Crippen LogP contribution in [-0.4, -0.2) is 23.6 Å². The first-order valence-electron chi connectivity index (χ1n) is 8.56. The largest absolute Gasteiger partial charge is 0.507 e. The normalized spacial score (nSPS) is 11.2. The van der Waals surface area contributed by atoms with E-state index in [0.717, 1.165) is 10.8 Å². The standard InChI is InChI=1S/C22H19NO4/c1-2-27-22(26)19(23-21(25)16-9-4-3-5-10-16)14-18-17-11-7-6-8-15(17)12-13-20(18)24/h3-14,24H,2H2,1H3,(H,23,25)/b19-14+. The Balaban J connectivity index is 2.05. The van der Waals surface area contributed by atoms with Crippen molar-refractivity contribution < 1.29 is 19.4 Å². The van der Waals surface area contributed by atoms with Crippen molar-refractivity contribution in [2.75, 3.05) is 6.61 Å². The first kappa shape index (κ1) is 18.2. The van der Waals surface area contributed by atoms with Crippen molar-refractivity contribution in [3.63, 3.8) is 0 Å². The third kappa shape index (κ3) is 4.15. The summed E-state index contributed by atoms with van der Waals surface area (Å²) in [4.78, 5) is 24.9. The molecule has 27 heavy (non-hydrogen) atoms. The molecule has 2 N–H and O–H groups in total. The minimum atomic E-state index is -0.672. The van der Waals surface area contributed by atoms with E-state index in [1.54, 1.807) is 49.4 Å². The fourth-order valence-electron chi connectivity index (χ4n) is 2.72. The predicted molar refractivity (Wildman–Crippen MR) is 104 cm³/mol. The van der Waals surface area contributed by atoms with Gasteiger partial charge in [0.1, 0.15) is 11.4 Å². The third-order valence-corrected chi connectivity index (χ3v) is 4.02. The summed E-state index contributed by atoms with van der Waals surface area (Å²) in [5, 5.41) is 14.6. The number of carbonyl (C=O) groups excluding carboxylic acids is 2. The maximum atomic E-state index is 12.5. The van der Waals surface area contributed by atoms with Gasteiger partial charge in [-0.25, -0.2) is 4.79 Å². The maximum Gasteiger partial charge on any atom is 0.354 e. The number of esters is 1. The van der Waals surface area contributed by atoms with Gasteiger partial charge in [-0.15, -0.1) is 0 Å². The Labute approximate surface area is 156 Å². The van der Waals surface area contributed by atoms with E-state index in [0.29, 0.717) is 11.1 Å². The van der Waals surface area contributed by atoms with Crippen LogP contribution in [-0.2, 0) is 9.53 Å². The van der Waals surface area contributed by atoms with E-state index in [4.69, 9.17) is 4.74 Å². The van der Waals surface area contributed by atoms with Crippen LogP contribution in [0.15, 0.2) is 72.4 Å². The van der Waals surface area contributed by atoms with Gasteiger partial charge in [0.15, 0.2) is 0 Å². The van der Waals surface area contributed by atoms with Crippen molar-refractivity contribution in [2.45, 2.75) is 6.92 Å². The van der Waals surface area contributed by atoms with Crippen molar-refractivity contribution in [1.82, 2.24) is 5.32 Å². The van der Waals surface area contributed by atoms with E-state index >= 15 is 0 Å². The summed E-state index contributed by atoms with van der Waals surface area (Å²) < 4.78 is 5.06. The molecule has 0 radical (unpaired) electrons. The number of rotatable bonds is 5. The molecule has 0 saturated heterocycles. The minimum Gasteiger partial charge on any atom is -0.507 e. The first-order valence-corrected chi connectivity index (χ1v) is 8.56. The molecule has 0 unspecified atom stereocenters. The third-order valence-electron chi connectivity index (χ3n) is 4.02. The summed E-state index contributed by atoms with van der Waals surface area (Å²) >= 11 is 0. The van der Waals surface area contributed by atoms with Gasteiger partial charge in [0.25, 0.3) is 5.91 Å². The molecule has 136 valence electrons. The van der Waals surface area contributed by atoms with Gasteiger partial charge in [-0.3, -0.25) is 4.79 Å². The van der Waals surface area contributed by atoms with Gasteiger partial charge in [-0.1, -0.05) is 48.5 Å². The zero-order valence-corrected chi connectivity index (χ0v) is 14.8. The van der Waals surface area contributed by atoms with Crippen LogP contribution in [0, 0.1) is 0 Å². The number of ether oxygens (including phenoxy) is 1. The molecule has 0 atom stereocenters. The molecule has 0 fully saturated rings. The second kappa shape index (κ2) is 8.19. The van der Waals surface area contributed by atoms with Crippen molar-refractivity contribution in [3.05, 3.63) is 83.6 Å². The number of hydrogen-bond donors (Lipinski definition) is 2. The highest BCUT2D eigenvalue weighted by Gasteiger charge is 2.17. The Morgan fingerprint density at radius 1 is 1.00 bits per heavy atom. The molecule has 3 aromatic rings. The van der Waals surface area contributed by atoms with Crippen LogP contribution in [0.2, 0.25) is 0 Å². The Kier molecular flexibility index (Phi) is 5.52. The summed E-state index contributed by atoms with van der Waals surface area (Å²) in [5.41, 5.74) is 0.803. The lowest BCUT2D eigenvalue weighted by Crippen LogP contribution is -2.28. The van der Waals surface area contributed by atoms with Gasteiger partial charge in [0, 0.05) is 11.1 Å². The number of amides is 1. The van der Waals surface area contributed by atoms with Crippen molar-refractivity contribution in [1.29, 1.82) is 0 Å². The lowest BCUT2D eigenvalue weighted by molar-refractivity contribution is -0.138. The van der Waals surface area contributed by atoms with Crippen LogP contribution in [0.25, 0.3) is 16.8 Å². The molecule has 5 heteroatoms. The zero-order chi connectivity index (χ0) is 19.2. The van der Waals surface area contributed by atoms with E-state index in [-0.39, 0.29) is 18.1 Å². The van der Waals surface area contributed by atoms with E-state index in [2.05, 4.69) is 5.32 Å². The average molecular weight is 361 g/mol. The monoisotopic (exact) mass is 361 g/mol. The molecule has 3 rings (SSSR count). The summed E-state index contributed by atoms with van der Waals surface area (Å²) in [7, 11) is 0. The summed E-state index contributed by atoms with van der Waals surface area (Å²) in [5.74, 6) is -1.10. The highest BCUT2D eigenvalue weighted by Crippen LogP contribution is 2.29. The molecule has 0 aromatic heterocycles. The van der Waals surface area contributed by atoms with Gasteiger partial charge < -0.3 is 15.2 Å². The van der Waals surface area contributed by atoms with Crippen LogP contribution >= 0.6 is 0 Å². The molecule has 5 nitrogen and oxygen atoms in total. The summed E-state index contributed by atoms with van der Waals surface area (Å²) in [6.07, 6.45) is 1.44.